The van der Waals surface area contributed by atoms with Crippen LogP contribution in [0.15, 0.2) is 22.8 Å². The summed E-state index contributed by atoms with van der Waals surface area (Å²) in [4.78, 5) is 4.25. The molecular weight excluding hydrogens is 230 g/mol. The minimum atomic E-state index is -0.352. The summed E-state index contributed by atoms with van der Waals surface area (Å²) in [5, 5.41) is 9.61. The van der Waals surface area contributed by atoms with Gasteiger partial charge in [0.25, 0.3) is 0 Å². The maximum atomic E-state index is 9.61. The summed E-state index contributed by atoms with van der Waals surface area (Å²) >= 11 is 3.34. The number of aryl methyl sites for hydroxylation is 1. The number of halogens is 1. The van der Waals surface area contributed by atoms with Crippen molar-refractivity contribution in [1.29, 1.82) is 0 Å². The van der Waals surface area contributed by atoms with Crippen molar-refractivity contribution in [2.75, 3.05) is 0 Å². The van der Waals surface area contributed by atoms with Crippen LogP contribution in [0.3, 0.4) is 0 Å². The molecular formula is C10H12BrNO. The highest BCUT2D eigenvalue weighted by Crippen LogP contribution is 2.38. The lowest BCUT2D eigenvalue weighted by atomic mass is 10.1. The molecule has 0 atom stereocenters. The van der Waals surface area contributed by atoms with E-state index in [0.717, 1.165) is 35.8 Å². The van der Waals surface area contributed by atoms with Gasteiger partial charge in [-0.2, -0.15) is 0 Å². The third-order valence-corrected chi connectivity index (χ3v) is 2.93. The van der Waals surface area contributed by atoms with E-state index < -0.39 is 0 Å². The largest absolute Gasteiger partial charge is 0.390 e. The Kier molecular flexibility index (Phi) is 2.39. The topological polar surface area (TPSA) is 33.1 Å². The molecule has 1 aliphatic carbocycles. The predicted molar refractivity (Wildman–Crippen MR) is 54.4 cm³/mol. The zero-order valence-corrected chi connectivity index (χ0v) is 8.92. The second kappa shape index (κ2) is 3.39. The molecule has 0 aliphatic heterocycles. The summed E-state index contributed by atoms with van der Waals surface area (Å²) < 4.78 is 1.00. The molecule has 0 bridgehead atoms. The molecule has 1 aromatic rings. The lowest BCUT2D eigenvalue weighted by Gasteiger charge is -2.05. The van der Waals surface area contributed by atoms with Gasteiger partial charge in [-0.05, 0) is 53.7 Å². The maximum Gasteiger partial charge on any atom is 0.0653 e. The molecule has 0 radical (unpaired) electrons. The van der Waals surface area contributed by atoms with Crippen molar-refractivity contribution < 1.29 is 5.11 Å². The molecule has 3 heteroatoms. The van der Waals surface area contributed by atoms with Gasteiger partial charge in [-0.15, -0.1) is 0 Å². The van der Waals surface area contributed by atoms with Crippen LogP contribution >= 0.6 is 15.9 Å². The average molecular weight is 242 g/mol. The highest BCUT2D eigenvalue weighted by atomic mass is 79.9. The van der Waals surface area contributed by atoms with E-state index in [1.165, 1.54) is 0 Å². The van der Waals surface area contributed by atoms with Gasteiger partial charge in [-0.3, -0.25) is 4.98 Å². The van der Waals surface area contributed by atoms with Crippen LogP contribution in [0, 0.1) is 0 Å². The van der Waals surface area contributed by atoms with Crippen LogP contribution in [0.5, 0.6) is 0 Å². The predicted octanol–water partition coefficient (Wildman–Crippen LogP) is 2.30. The Balaban J connectivity index is 1.91. The molecule has 1 saturated carbocycles. The quantitative estimate of drug-likeness (QED) is 0.882. The van der Waals surface area contributed by atoms with Gasteiger partial charge in [-0.25, -0.2) is 0 Å². The molecule has 70 valence electrons. The summed E-state index contributed by atoms with van der Waals surface area (Å²) in [5.41, 5.74) is 0.706. The van der Waals surface area contributed by atoms with Crippen LogP contribution in [0.25, 0.3) is 0 Å². The molecule has 2 rings (SSSR count). The Morgan fingerprint density at radius 1 is 1.46 bits per heavy atom. The number of nitrogens with zero attached hydrogens (tertiary/aromatic N) is 1. The Labute approximate surface area is 86.1 Å². The van der Waals surface area contributed by atoms with Gasteiger partial charge in [0, 0.05) is 16.4 Å². The summed E-state index contributed by atoms with van der Waals surface area (Å²) in [6.07, 6.45) is 5.45. The summed E-state index contributed by atoms with van der Waals surface area (Å²) in [6, 6.07) is 3.98. The van der Waals surface area contributed by atoms with Crippen molar-refractivity contribution >= 4 is 15.9 Å². The van der Waals surface area contributed by atoms with Crippen LogP contribution in [0.1, 0.15) is 25.0 Å². The highest BCUT2D eigenvalue weighted by Gasteiger charge is 2.39. The van der Waals surface area contributed by atoms with Crippen LogP contribution in [-0.2, 0) is 6.42 Å². The molecule has 1 aliphatic rings. The number of aliphatic hydroxyl groups is 1. The second-order valence-electron chi connectivity index (χ2n) is 3.69. The number of rotatable bonds is 3. The molecule has 1 heterocycles. The van der Waals surface area contributed by atoms with Gasteiger partial charge in [0.05, 0.1) is 5.60 Å². The molecule has 1 fully saturated rings. The van der Waals surface area contributed by atoms with Crippen molar-refractivity contribution in [3.05, 3.63) is 28.5 Å². The minimum Gasteiger partial charge on any atom is -0.390 e. The smallest absolute Gasteiger partial charge is 0.0653 e. The van der Waals surface area contributed by atoms with Gasteiger partial charge in [0.2, 0.25) is 0 Å². The lowest BCUT2D eigenvalue weighted by molar-refractivity contribution is 0.140. The third kappa shape index (κ3) is 2.51. The molecule has 1 aromatic heterocycles. The fraction of sp³-hybridized carbons (Fsp3) is 0.500. The highest BCUT2D eigenvalue weighted by molar-refractivity contribution is 9.10. The van der Waals surface area contributed by atoms with E-state index in [9.17, 15) is 5.11 Å². The number of hydrogen-bond acceptors (Lipinski definition) is 2. The second-order valence-corrected chi connectivity index (χ2v) is 4.61. The van der Waals surface area contributed by atoms with Crippen molar-refractivity contribution in [2.45, 2.75) is 31.3 Å². The molecule has 0 saturated heterocycles. The fourth-order valence-electron chi connectivity index (χ4n) is 1.31. The number of aromatic nitrogens is 1. The van der Waals surface area contributed by atoms with Crippen LogP contribution in [-0.4, -0.2) is 15.7 Å². The van der Waals surface area contributed by atoms with Crippen LogP contribution in [0.2, 0.25) is 0 Å². The first kappa shape index (κ1) is 9.16. The minimum absolute atomic E-state index is 0.352. The van der Waals surface area contributed by atoms with Crippen molar-refractivity contribution in [3.63, 3.8) is 0 Å². The van der Waals surface area contributed by atoms with Crippen molar-refractivity contribution in [1.82, 2.24) is 4.98 Å². The molecule has 13 heavy (non-hydrogen) atoms. The zero-order valence-electron chi connectivity index (χ0n) is 7.33. The van der Waals surface area contributed by atoms with Gasteiger partial charge in [0.15, 0.2) is 0 Å². The number of pyridine rings is 1. The van der Waals surface area contributed by atoms with Crippen LogP contribution in [0.4, 0.5) is 0 Å². The molecule has 0 aromatic carbocycles. The lowest BCUT2D eigenvalue weighted by Crippen LogP contribution is -2.08. The first-order valence-electron chi connectivity index (χ1n) is 4.51. The molecule has 0 spiro atoms. The molecule has 0 unspecified atom stereocenters. The summed E-state index contributed by atoms with van der Waals surface area (Å²) in [7, 11) is 0. The Bertz CT molecular complexity index is 292. The summed E-state index contributed by atoms with van der Waals surface area (Å²) in [6.45, 7) is 0. The standard InChI is InChI=1S/C10H12BrNO/c11-8-1-2-9(12-7-8)3-4-10(13)5-6-10/h1-2,7,13H,3-6H2. The SMILES string of the molecule is OC1(CCc2ccc(Br)cn2)CC1. The maximum absolute atomic E-state index is 9.61. The molecule has 2 nitrogen and oxygen atoms in total. The van der Waals surface area contributed by atoms with Crippen molar-refractivity contribution in [2.24, 2.45) is 0 Å². The summed E-state index contributed by atoms with van der Waals surface area (Å²) in [5.74, 6) is 0. The van der Waals surface area contributed by atoms with Gasteiger partial charge >= 0.3 is 0 Å². The first-order valence-corrected chi connectivity index (χ1v) is 5.30. The van der Waals surface area contributed by atoms with Gasteiger partial charge in [0.1, 0.15) is 0 Å². The monoisotopic (exact) mass is 241 g/mol. The van der Waals surface area contributed by atoms with E-state index in [1.807, 2.05) is 12.1 Å². The Morgan fingerprint density at radius 2 is 2.23 bits per heavy atom. The Morgan fingerprint density at radius 3 is 2.77 bits per heavy atom. The number of hydrogen-bond donors (Lipinski definition) is 1. The van der Waals surface area contributed by atoms with Crippen LogP contribution < -0.4 is 0 Å². The molecule has 0 amide bonds. The van der Waals surface area contributed by atoms with Gasteiger partial charge in [-0.1, -0.05) is 0 Å². The van der Waals surface area contributed by atoms with Gasteiger partial charge < -0.3 is 5.11 Å². The van der Waals surface area contributed by atoms with E-state index in [1.54, 1.807) is 6.20 Å². The fourth-order valence-corrected chi connectivity index (χ4v) is 1.54. The van der Waals surface area contributed by atoms with Crippen molar-refractivity contribution in [3.8, 4) is 0 Å². The van der Waals surface area contributed by atoms with E-state index >= 15 is 0 Å². The first-order chi connectivity index (χ1) is 6.18. The van der Waals surface area contributed by atoms with E-state index in [4.69, 9.17) is 0 Å². The van der Waals surface area contributed by atoms with E-state index in [0.29, 0.717) is 0 Å². The average Bonchev–Trinajstić information content (AvgIpc) is 2.84. The van der Waals surface area contributed by atoms with E-state index in [-0.39, 0.29) is 5.60 Å². The normalized spacial score (nSPS) is 18.6. The van der Waals surface area contributed by atoms with E-state index in [2.05, 4.69) is 20.9 Å². The molecule has 1 N–H and O–H groups in total. The zero-order chi connectivity index (χ0) is 9.31. The Hall–Kier alpha value is -0.410. The third-order valence-electron chi connectivity index (χ3n) is 2.46.